The highest BCUT2D eigenvalue weighted by molar-refractivity contribution is 5.98. The van der Waals surface area contributed by atoms with Gasteiger partial charge in [0, 0.05) is 11.1 Å². The van der Waals surface area contributed by atoms with Crippen LogP contribution < -0.4 is 10.5 Å². The van der Waals surface area contributed by atoms with E-state index in [0.717, 1.165) is 0 Å². The van der Waals surface area contributed by atoms with Gasteiger partial charge in [0.25, 0.3) is 5.78 Å². The molecule has 0 aliphatic rings. The minimum Gasteiger partial charge on any atom is -0.424 e. The van der Waals surface area contributed by atoms with E-state index in [1.165, 1.54) is 36.4 Å². The first kappa shape index (κ1) is 15.2. The molecule has 7 heteroatoms. The first-order valence-corrected chi connectivity index (χ1v) is 6.28. The number of rotatable bonds is 6. The summed E-state index contributed by atoms with van der Waals surface area (Å²) < 4.78 is 5.13. The van der Waals surface area contributed by atoms with Gasteiger partial charge in [0.15, 0.2) is 0 Å². The van der Waals surface area contributed by atoms with Crippen molar-refractivity contribution >= 4 is 11.7 Å². The molecule has 0 aliphatic carbocycles. The van der Waals surface area contributed by atoms with Crippen molar-refractivity contribution in [2.45, 2.75) is 6.23 Å². The zero-order valence-electron chi connectivity index (χ0n) is 11.3. The molecule has 1 unspecified atom stereocenters. The highest BCUT2D eigenvalue weighted by Gasteiger charge is 2.32. The van der Waals surface area contributed by atoms with Gasteiger partial charge < -0.3 is 10.5 Å². The summed E-state index contributed by atoms with van der Waals surface area (Å²) in [7, 11) is 0. The van der Waals surface area contributed by atoms with Crippen LogP contribution in [0.5, 0.6) is 5.75 Å². The maximum absolute atomic E-state index is 12.1. The number of hydrogen-bond donors (Lipinski definition) is 1. The molecule has 0 heterocycles. The van der Waals surface area contributed by atoms with Crippen LogP contribution in [0.1, 0.15) is 20.7 Å². The second kappa shape index (κ2) is 6.49. The normalized spacial score (nSPS) is 11.5. The van der Waals surface area contributed by atoms with Gasteiger partial charge in [0.05, 0.1) is 4.92 Å². The average molecular weight is 300 g/mol. The van der Waals surface area contributed by atoms with E-state index in [1.807, 2.05) is 0 Å². The number of primary amides is 1. The van der Waals surface area contributed by atoms with E-state index >= 15 is 0 Å². The molecule has 22 heavy (non-hydrogen) atoms. The van der Waals surface area contributed by atoms with E-state index in [0.29, 0.717) is 0 Å². The Bertz CT molecular complexity index is 698. The number of amides is 1. The molecular formula is C15H12N2O5. The van der Waals surface area contributed by atoms with Gasteiger partial charge in [0.2, 0.25) is 5.91 Å². The highest BCUT2D eigenvalue weighted by atomic mass is 16.7. The molecule has 0 bridgehead atoms. The molecule has 112 valence electrons. The minimum atomic E-state index is -1.86. The third-order valence-electron chi connectivity index (χ3n) is 2.86. The van der Waals surface area contributed by atoms with Gasteiger partial charge in [-0.05, 0) is 24.3 Å². The summed E-state index contributed by atoms with van der Waals surface area (Å²) in [5, 5.41) is 11.1. The number of nitrogens with two attached hydrogens (primary N) is 1. The average Bonchev–Trinajstić information content (AvgIpc) is 2.53. The Labute approximate surface area is 125 Å². The molecule has 2 rings (SSSR count). The van der Waals surface area contributed by atoms with Gasteiger partial charge in [-0.15, -0.1) is 0 Å². The first-order valence-electron chi connectivity index (χ1n) is 6.28. The van der Waals surface area contributed by atoms with Gasteiger partial charge in [0.1, 0.15) is 5.75 Å². The predicted octanol–water partition coefficient (Wildman–Crippen LogP) is 1.65. The van der Waals surface area contributed by atoms with Crippen LogP contribution in [-0.4, -0.2) is 22.8 Å². The maximum Gasteiger partial charge on any atom is 0.418 e. The van der Waals surface area contributed by atoms with Crippen molar-refractivity contribution in [3.05, 3.63) is 75.8 Å². The first-order chi connectivity index (χ1) is 10.5. The number of Topliss-reactive ketones (excluding diaryl/α,β-unsaturated/α-hetero) is 1. The lowest BCUT2D eigenvalue weighted by atomic mass is 10.1. The summed E-state index contributed by atoms with van der Waals surface area (Å²) in [5.41, 5.74) is 5.51. The number of carbonyl (C=O) groups is 2. The summed E-state index contributed by atoms with van der Waals surface area (Å²) in [5.74, 6) is -1.29. The zero-order valence-corrected chi connectivity index (χ0v) is 11.3. The molecule has 0 spiro atoms. The van der Waals surface area contributed by atoms with Crippen LogP contribution in [0.3, 0.4) is 0 Å². The smallest absolute Gasteiger partial charge is 0.418 e. The third-order valence-corrected chi connectivity index (χ3v) is 2.86. The van der Waals surface area contributed by atoms with Crippen molar-refractivity contribution in [2.24, 2.45) is 5.73 Å². The maximum atomic E-state index is 12.1. The van der Waals surface area contributed by atoms with Crippen molar-refractivity contribution in [1.82, 2.24) is 0 Å². The Hall–Kier alpha value is -3.22. The van der Waals surface area contributed by atoms with E-state index in [9.17, 15) is 19.7 Å². The molecule has 7 nitrogen and oxygen atoms in total. The number of nitro groups is 1. The quantitative estimate of drug-likeness (QED) is 0.377. The van der Waals surface area contributed by atoms with Crippen LogP contribution >= 0.6 is 0 Å². The number of benzene rings is 2. The largest absolute Gasteiger partial charge is 0.424 e. The van der Waals surface area contributed by atoms with Crippen LogP contribution in [0.2, 0.25) is 0 Å². The number of nitrogens with zero attached hydrogens (tertiary/aromatic N) is 1. The van der Waals surface area contributed by atoms with Crippen molar-refractivity contribution in [2.75, 3.05) is 0 Å². The number of ether oxygens (including phenoxy) is 1. The zero-order chi connectivity index (χ0) is 16.1. The molecule has 0 aromatic heterocycles. The van der Waals surface area contributed by atoms with E-state index in [-0.39, 0.29) is 16.9 Å². The fourth-order valence-corrected chi connectivity index (χ4v) is 1.76. The van der Waals surface area contributed by atoms with Gasteiger partial charge in [-0.3, -0.25) is 19.7 Å². The lowest BCUT2D eigenvalue weighted by molar-refractivity contribution is -0.543. The molecule has 2 aromatic rings. The molecule has 1 atom stereocenters. The fraction of sp³-hybridized carbons (Fsp3) is 0.0667. The van der Waals surface area contributed by atoms with Gasteiger partial charge in [-0.2, -0.15) is 0 Å². The molecule has 0 saturated carbocycles. The highest BCUT2D eigenvalue weighted by Crippen LogP contribution is 2.16. The Balaban J connectivity index is 2.20. The Kier molecular flexibility index (Phi) is 4.47. The molecular weight excluding hydrogens is 288 g/mol. The molecule has 0 saturated heterocycles. The van der Waals surface area contributed by atoms with Gasteiger partial charge in [-0.25, -0.2) is 0 Å². The Morgan fingerprint density at radius 2 is 1.59 bits per heavy atom. The SMILES string of the molecule is NC(=O)c1ccc(OC(C(=O)c2ccccc2)[N+](=O)[O-])cc1. The lowest BCUT2D eigenvalue weighted by Crippen LogP contribution is -2.35. The van der Waals surface area contributed by atoms with Crippen LogP contribution in [0.25, 0.3) is 0 Å². The molecule has 1 amide bonds. The summed E-state index contributed by atoms with van der Waals surface area (Å²) in [4.78, 5) is 33.4. The van der Waals surface area contributed by atoms with E-state index in [2.05, 4.69) is 0 Å². The van der Waals surface area contributed by atoms with Gasteiger partial charge in [-0.1, -0.05) is 30.3 Å². The third kappa shape index (κ3) is 3.45. The number of carbonyl (C=O) groups excluding carboxylic acids is 2. The number of hydrogen-bond acceptors (Lipinski definition) is 5. The van der Waals surface area contributed by atoms with Crippen LogP contribution in [0, 0.1) is 10.1 Å². The second-order valence-electron chi connectivity index (χ2n) is 4.37. The minimum absolute atomic E-state index is 0.0935. The molecule has 0 fully saturated rings. The predicted molar refractivity (Wildman–Crippen MR) is 77.1 cm³/mol. The summed E-state index contributed by atoms with van der Waals surface area (Å²) in [6.07, 6.45) is -1.86. The summed E-state index contributed by atoms with van der Waals surface area (Å²) >= 11 is 0. The van der Waals surface area contributed by atoms with Crippen molar-refractivity contribution in [3.63, 3.8) is 0 Å². The van der Waals surface area contributed by atoms with Gasteiger partial charge >= 0.3 is 6.23 Å². The van der Waals surface area contributed by atoms with Crippen molar-refractivity contribution in [1.29, 1.82) is 0 Å². The monoisotopic (exact) mass is 300 g/mol. The molecule has 2 aromatic carbocycles. The Morgan fingerprint density at radius 3 is 2.09 bits per heavy atom. The topological polar surface area (TPSA) is 113 Å². The second-order valence-corrected chi connectivity index (χ2v) is 4.37. The van der Waals surface area contributed by atoms with Crippen LogP contribution in [0.15, 0.2) is 54.6 Å². The molecule has 2 N–H and O–H groups in total. The summed E-state index contributed by atoms with van der Waals surface area (Å²) in [6.45, 7) is 0. The van der Waals surface area contributed by atoms with Crippen molar-refractivity contribution < 1.29 is 19.2 Å². The van der Waals surface area contributed by atoms with Crippen LogP contribution in [0.4, 0.5) is 0 Å². The molecule has 0 aliphatic heterocycles. The summed E-state index contributed by atoms with van der Waals surface area (Å²) in [6, 6.07) is 13.3. The van der Waals surface area contributed by atoms with Crippen LogP contribution in [-0.2, 0) is 0 Å². The lowest BCUT2D eigenvalue weighted by Gasteiger charge is -2.11. The Morgan fingerprint density at radius 1 is 1.00 bits per heavy atom. The fourth-order valence-electron chi connectivity index (χ4n) is 1.76. The van der Waals surface area contributed by atoms with E-state index in [4.69, 9.17) is 10.5 Å². The molecule has 0 radical (unpaired) electrons. The standard InChI is InChI=1S/C15H12N2O5/c16-14(19)11-6-8-12(9-7-11)22-15(17(20)21)13(18)10-4-2-1-3-5-10/h1-9,15H,(H2,16,19). The number of ketones is 1. The van der Waals surface area contributed by atoms with E-state index < -0.39 is 22.8 Å². The van der Waals surface area contributed by atoms with E-state index in [1.54, 1.807) is 18.2 Å². The van der Waals surface area contributed by atoms with Crippen molar-refractivity contribution in [3.8, 4) is 5.75 Å².